The van der Waals surface area contributed by atoms with Crippen LogP contribution in [0.5, 0.6) is 5.88 Å². The molecule has 0 aliphatic heterocycles. The standard InChI is InChI=1S/C12H15IN4O3/c1-6-8(12(20-4)17(2)16-6)10-14-7(5-19-3)9(13)11(18)15-10/h5H2,1-4H3,(H,14,15,18). The number of aryl methyl sites for hydroxylation is 2. The van der Waals surface area contributed by atoms with Gasteiger partial charge in [0.25, 0.3) is 5.56 Å². The molecular weight excluding hydrogens is 375 g/mol. The molecule has 0 amide bonds. The zero-order chi connectivity index (χ0) is 14.9. The fourth-order valence-corrected chi connectivity index (χ4v) is 2.41. The fraction of sp³-hybridized carbons (Fsp3) is 0.417. The van der Waals surface area contributed by atoms with Crippen molar-refractivity contribution < 1.29 is 9.47 Å². The topological polar surface area (TPSA) is 82.0 Å². The Morgan fingerprint density at radius 3 is 2.70 bits per heavy atom. The maximum Gasteiger partial charge on any atom is 0.264 e. The number of hydrogen-bond donors (Lipinski definition) is 1. The molecule has 0 aliphatic rings. The summed E-state index contributed by atoms with van der Waals surface area (Å²) in [6.07, 6.45) is 0. The van der Waals surface area contributed by atoms with Crippen molar-refractivity contribution in [3.8, 4) is 17.3 Å². The van der Waals surface area contributed by atoms with Crippen LogP contribution < -0.4 is 10.3 Å². The van der Waals surface area contributed by atoms with Crippen LogP contribution in [0.25, 0.3) is 11.4 Å². The van der Waals surface area contributed by atoms with E-state index >= 15 is 0 Å². The van der Waals surface area contributed by atoms with Gasteiger partial charge in [-0.2, -0.15) is 5.10 Å². The fourth-order valence-electron chi connectivity index (χ4n) is 2.00. The average molecular weight is 390 g/mol. The van der Waals surface area contributed by atoms with Gasteiger partial charge in [0.1, 0.15) is 15.0 Å². The highest BCUT2D eigenvalue weighted by Crippen LogP contribution is 2.29. The number of methoxy groups -OCH3 is 2. The van der Waals surface area contributed by atoms with E-state index in [-0.39, 0.29) is 12.2 Å². The molecule has 0 atom stereocenters. The summed E-state index contributed by atoms with van der Waals surface area (Å²) in [4.78, 5) is 19.2. The number of aromatic nitrogens is 4. The highest BCUT2D eigenvalue weighted by Gasteiger charge is 2.20. The van der Waals surface area contributed by atoms with Gasteiger partial charge in [0.2, 0.25) is 5.88 Å². The van der Waals surface area contributed by atoms with Crippen LogP contribution in [-0.2, 0) is 18.4 Å². The Morgan fingerprint density at radius 1 is 1.40 bits per heavy atom. The Kier molecular flexibility index (Phi) is 4.43. The summed E-state index contributed by atoms with van der Waals surface area (Å²) in [7, 11) is 4.89. The molecule has 2 heterocycles. The lowest BCUT2D eigenvalue weighted by Gasteiger charge is -2.07. The molecular formula is C12H15IN4O3. The molecule has 0 aliphatic carbocycles. The Morgan fingerprint density at radius 2 is 2.10 bits per heavy atom. The molecule has 108 valence electrons. The smallest absolute Gasteiger partial charge is 0.264 e. The van der Waals surface area contributed by atoms with Crippen molar-refractivity contribution in [2.45, 2.75) is 13.5 Å². The molecule has 8 heteroatoms. The zero-order valence-corrected chi connectivity index (χ0v) is 13.8. The lowest BCUT2D eigenvalue weighted by atomic mass is 10.2. The summed E-state index contributed by atoms with van der Waals surface area (Å²) in [5, 5.41) is 4.28. The van der Waals surface area contributed by atoms with Crippen LogP contribution in [0.15, 0.2) is 4.79 Å². The summed E-state index contributed by atoms with van der Waals surface area (Å²) in [5.41, 5.74) is 1.81. The molecule has 0 saturated carbocycles. The van der Waals surface area contributed by atoms with E-state index in [1.54, 1.807) is 25.9 Å². The number of nitrogens with one attached hydrogen (secondary N) is 1. The van der Waals surface area contributed by atoms with Crippen LogP contribution in [0.1, 0.15) is 11.4 Å². The molecule has 0 fully saturated rings. The maximum atomic E-state index is 12.0. The second kappa shape index (κ2) is 5.92. The first kappa shape index (κ1) is 15.0. The monoisotopic (exact) mass is 390 g/mol. The van der Waals surface area contributed by atoms with E-state index in [9.17, 15) is 4.79 Å². The third-order valence-electron chi connectivity index (χ3n) is 2.81. The van der Waals surface area contributed by atoms with Crippen molar-refractivity contribution in [2.75, 3.05) is 14.2 Å². The molecule has 0 spiro atoms. The molecule has 0 unspecified atom stereocenters. The molecule has 20 heavy (non-hydrogen) atoms. The molecule has 1 N–H and O–H groups in total. The highest BCUT2D eigenvalue weighted by molar-refractivity contribution is 14.1. The molecule has 2 aromatic heterocycles. The van der Waals surface area contributed by atoms with Crippen LogP contribution in [0.2, 0.25) is 0 Å². The predicted octanol–water partition coefficient (Wildman–Crippen LogP) is 1.24. The van der Waals surface area contributed by atoms with Crippen molar-refractivity contribution in [1.82, 2.24) is 19.7 Å². The van der Waals surface area contributed by atoms with Crippen LogP contribution in [0.4, 0.5) is 0 Å². The lowest BCUT2D eigenvalue weighted by Crippen LogP contribution is -2.17. The number of nitrogens with zero attached hydrogens (tertiary/aromatic N) is 3. The van der Waals surface area contributed by atoms with E-state index in [4.69, 9.17) is 9.47 Å². The Balaban J connectivity index is 2.67. The van der Waals surface area contributed by atoms with Crippen molar-refractivity contribution in [3.05, 3.63) is 25.3 Å². The van der Waals surface area contributed by atoms with Crippen molar-refractivity contribution in [1.29, 1.82) is 0 Å². The molecule has 2 aromatic rings. The first-order chi connectivity index (χ1) is 9.49. The zero-order valence-electron chi connectivity index (χ0n) is 11.7. The van der Waals surface area contributed by atoms with Gasteiger partial charge in [-0.1, -0.05) is 0 Å². The Labute approximate surface area is 129 Å². The summed E-state index contributed by atoms with van der Waals surface area (Å²) in [6.45, 7) is 2.11. The van der Waals surface area contributed by atoms with E-state index < -0.39 is 0 Å². The van der Waals surface area contributed by atoms with Crippen LogP contribution in [-0.4, -0.2) is 34.0 Å². The number of H-pyrrole nitrogens is 1. The first-order valence-corrected chi connectivity index (χ1v) is 6.93. The summed E-state index contributed by atoms with van der Waals surface area (Å²) >= 11 is 1.96. The number of ether oxygens (including phenoxy) is 2. The molecule has 0 bridgehead atoms. The maximum absolute atomic E-state index is 12.0. The highest BCUT2D eigenvalue weighted by atomic mass is 127. The predicted molar refractivity (Wildman–Crippen MR) is 81.8 cm³/mol. The van der Waals surface area contributed by atoms with Crippen molar-refractivity contribution in [3.63, 3.8) is 0 Å². The van der Waals surface area contributed by atoms with Gasteiger partial charge in [-0.05, 0) is 29.5 Å². The molecule has 7 nitrogen and oxygen atoms in total. The van der Waals surface area contributed by atoms with E-state index in [0.29, 0.717) is 26.5 Å². The SMILES string of the molecule is COCc1nc(-c2c(C)nn(C)c2OC)[nH]c(=O)c1I. The Hall–Kier alpha value is -1.42. The van der Waals surface area contributed by atoms with Gasteiger partial charge >= 0.3 is 0 Å². The van der Waals surface area contributed by atoms with Crippen molar-refractivity contribution >= 4 is 22.6 Å². The van der Waals surface area contributed by atoms with Gasteiger partial charge in [0.05, 0.1) is 25.1 Å². The van der Waals surface area contributed by atoms with Gasteiger partial charge in [-0.3, -0.25) is 4.79 Å². The van der Waals surface area contributed by atoms with Crippen LogP contribution in [0, 0.1) is 10.5 Å². The van der Waals surface area contributed by atoms with Crippen LogP contribution >= 0.6 is 22.6 Å². The van der Waals surface area contributed by atoms with Gasteiger partial charge in [-0.15, -0.1) is 0 Å². The van der Waals surface area contributed by atoms with Gasteiger partial charge < -0.3 is 14.5 Å². The van der Waals surface area contributed by atoms with E-state index in [1.165, 1.54) is 0 Å². The number of rotatable bonds is 4. The minimum atomic E-state index is -0.201. The normalized spacial score (nSPS) is 10.8. The second-order valence-electron chi connectivity index (χ2n) is 4.20. The van der Waals surface area contributed by atoms with E-state index in [0.717, 1.165) is 5.69 Å². The third-order valence-corrected chi connectivity index (χ3v) is 3.92. The molecule has 0 saturated heterocycles. The second-order valence-corrected chi connectivity index (χ2v) is 5.28. The summed E-state index contributed by atoms with van der Waals surface area (Å²) in [6, 6.07) is 0. The first-order valence-electron chi connectivity index (χ1n) is 5.85. The number of halogens is 1. The number of aromatic amines is 1. The minimum Gasteiger partial charge on any atom is -0.481 e. The molecule has 2 rings (SSSR count). The quantitative estimate of drug-likeness (QED) is 0.795. The minimum absolute atomic E-state index is 0.201. The van der Waals surface area contributed by atoms with Gasteiger partial charge in [-0.25, -0.2) is 9.67 Å². The molecule has 0 radical (unpaired) electrons. The lowest BCUT2D eigenvalue weighted by molar-refractivity contribution is 0.180. The third kappa shape index (κ3) is 2.57. The van der Waals surface area contributed by atoms with Crippen LogP contribution in [0.3, 0.4) is 0 Å². The average Bonchev–Trinajstić information content (AvgIpc) is 2.69. The number of hydrogen-bond acceptors (Lipinski definition) is 5. The largest absolute Gasteiger partial charge is 0.481 e. The van der Waals surface area contributed by atoms with E-state index in [2.05, 4.69) is 15.1 Å². The van der Waals surface area contributed by atoms with Gasteiger partial charge in [0, 0.05) is 14.2 Å². The van der Waals surface area contributed by atoms with Crippen molar-refractivity contribution in [2.24, 2.45) is 7.05 Å². The Bertz CT molecular complexity index is 693. The molecule has 0 aromatic carbocycles. The van der Waals surface area contributed by atoms with E-state index in [1.807, 2.05) is 29.5 Å². The summed E-state index contributed by atoms with van der Waals surface area (Å²) < 4.78 is 12.5. The van der Waals surface area contributed by atoms with Gasteiger partial charge in [0.15, 0.2) is 0 Å². The summed E-state index contributed by atoms with van der Waals surface area (Å²) in [5.74, 6) is 0.986.